The molecule has 0 radical (unpaired) electrons. The Morgan fingerprint density at radius 3 is 2.13 bits per heavy atom. The highest BCUT2D eigenvalue weighted by atomic mass is 19.4. The first-order valence-electron chi connectivity index (χ1n) is 11.6. The number of alkyl halides is 7. The lowest BCUT2D eigenvalue weighted by Gasteiger charge is -2.58. The second kappa shape index (κ2) is 8.62. The van der Waals surface area contributed by atoms with Gasteiger partial charge in [0.15, 0.2) is 11.9 Å². The van der Waals surface area contributed by atoms with Crippen LogP contribution in [-0.4, -0.2) is 84.9 Å². The molecule has 9 nitrogen and oxygen atoms in total. The molecule has 2 heterocycles. The summed E-state index contributed by atoms with van der Waals surface area (Å²) in [4.78, 5) is 49.3. The van der Waals surface area contributed by atoms with Crippen LogP contribution in [0.15, 0.2) is 11.6 Å². The zero-order valence-corrected chi connectivity index (χ0v) is 20.8. The number of carbonyl (C=O) groups excluding carboxylic acids is 4. The first kappa shape index (κ1) is 29.2. The summed E-state index contributed by atoms with van der Waals surface area (Å²) in [5.41, 5.74) is -5.38. The smallest absolute Gasteiger partial charge is 0.460 e. The molecule has 2 aliphatic heterocycles. The molecule has 3 fully saturated rings. The second-order valence-corrected chi connectivity index (χ2v) is 10.3. The molecule has 218 valence electrons. The fraction of sp³-hybridized carbons (Fsp3) is 0.739. The van der Waals surface area contributed by atoms with Crippen molar-refractivity contribution in [1.29, 1.82) is 0 Å². The minimum atomic E-state index is -6.85. The highest BCUT2D eigenvalue weighted by molar-refractivity contribution is 6.02. The van der Waals surface area contributed by atoms with Gasteiger partial charge in [-0.1, -0.05) is 6.92 Å². The highest BCUT2D eigenvalue weighted by Gasteiger charge is 2.85. The Balaban J connectivity index is 1.87. The molecule has 2 bridgehead atoms. The molecule has 39 heavy (non-hydrogen) atoms. The van der Waals surface area contributed by atoms with Crippen LogP contribution in [0.25, 0.3) is 0 Å². The lowest BCUT2D eigenvalue weighted by Crippen LogP contribution is -2.72. The van der Waals surface area contributed by atoms with Crippen LogP contribution in [0.5, 0.6) is 0 Å². The van der Waals surface area contributed by atoms with Gasteiger partial charge in [-0.05, 0) is 25.0 Å². The number of halogens is 7. The Labute approximate surface area is 215 Å². The highest BCUT2D eigenvalue weighted by Crippen LogP contribution is 2.72. The van der Waals surface area contributed by atoms with Crippen LogP contribution in [0.2, 0.25) is 0 Å². The quantitative estimate of drug-likeness (QED) is 0.204. The van der Waals surface area contributed by atoms with Crippen molar-refractivity contribution < 1.29 is 73.6 Å². The molecule has 0 aromatic heterocycles. The van der Waals surface area contributed by atoms with E-state index in [1.807, 2.05) is 0 Å². The van der Waals surface area contributed by atoms with E-state index < -0.39 is 89.2 Å². The molecule has 0 amide bonds. The lowest BCUT2D eigenvalue weighted by atomic mass is 9.50. The molecule has 4 aliphatic rings. The number of esters is 3. The second-order valence-electron chi connectivity index (χ2n) is 10.3. The van der Waals surface area contributed by atoms with Crippen LogP contribution in [0.1, 0.15) is 34.1 Å². The van der Waals surface area contributed by atoms with Gasteiger partial charge in [0, 0.05) is 19.3 Å². The molecule has 0 N–H and O–H groups in total. The Kier molecular flexibility index (Phi) is 6.46. The summed E-state index contributed by atoms with van der Waals surface area (Å²) >= 11 is 0. The van der Waals surface area contributed by atoms with Gasteiger partial charge < -0.3 is 23.7 Å². The van der Waals surface area contributed by atoms with Crippen molar-refractivity contribution in [2.45, 2.75) is 82.2 Å². The van der Waals surface area contributed by atoms with E-state index in [0.717, 1.165) is 20.8 Å². The molecule has 16 heteroatoms. The van der Waals surface area contributed by atoms with Crippen molar-refractivity contribution in [1.82, 2.24) is 0 Å². The predicted octanol–water partition coefficient (Wildman–Crippen LogP) is 2.69. The van der Waals surface area contributed by atoms with Gasteiger partial charge in [-0.2, -0.15) is 30.7 Å². The Hall–Kier alpha value is -2.75. The van der Waals surface area contributed by atoms with Gasteiger partial charge in [-0.3, -0.25) is 14.4 Å². The predicted molar refractivity (Wildman–Crippen MR) is 109 cm³/mol. The van der Waals surface area contributed by atoms with Crippen molar-refractivity contribution in [2.75, 3.05) is 13.2 Å². The normalized spacial score (nSPS) is 37.6. The molecular formula is C23H23F7O9. The summed E-state index contributed by atoms with van der Waals surface area (Å²) < 4.78 is 121. The van der Waals surface area contributed by atoms with Gasteiger partial charge in [0.25, 0.3) is 0 Å². The monoisotopic (exact) mass is 576 g/mol. The van der Waals surface area contributed by atoms with Crippen LogP contribution >= 0.6 is 0 Å². The third kappa shape index (κ3) is 3.80. The fourth-order valence-electron chi connectivity index (χ4n) is 6.11. The van der Waals surface area contributed by atoms with E-state index in [0.29, 0.717) is 0 Å². The summed E-state index contributed by atoms with van der Waals surface area (Å²) in [7, 11) is 0. The summed E-state index contributed by atoms with van der Waals surface area (Å²) in [6, 6.07) is 0. The molecule has 2 aliphatic carbocycles. The molecule has 4 rings (SSSR count). The number of carbonyl (C=O) groups is 4. The molecule has 7 atom stereocenters. The average molecular weight is 576 g/mol. The van der Waals surface area contributed by atoms with E-state index in [4.69, 9.17) is 18.9 Å². The number of fused-ring (bicyclic) bond motifs is 2. The molecule has 7 unspecified atom stereocenters. The van der Waals surface area contributed by atoms with E-state index in [-0.39, 0.29) is 18.6 Å². The van der Waals surface area contributed by atoms with Crippen LogP contribution in [0.4, 0.5) is 30.7 Å². The third-order valence-corrected chi connectivity index (χ3v) is 8.18. The zero-order chi connectivity index (χ0) is 29.6. The van der Waals surface area contributed by atoms with Crippen molar-refractivity contribution >= 4 is 23.7 Å². The summed E-state index contributed by atoms with van der Waals surface area (Å²) in [5.74, 6) is -19.5. The number of ether oxygens (including phenoxy) is 5. The fourth-order valence-corrected chi connectivity index (χ4v) is 6.11. The molecule has 1 spiro atoms. The average Bonchev–Trinajstić information content (AvgIpc) is 3.56. The van der Waals surface area contributed by atoms with Crippen molar-refractivity contribution in [3.63, 3.8) is 0 Å². The van der Waals surface area contributed by atoms with E-state index >= 15 is 0 Å². The van der Waals surface area contributed by atoms with Gasteiger partial charge in [-0.25, -0.2) is 4.79 Å². The molecule has 1 saturated carbocycles. The third-order valence-electron chi connectivity index (χ3n) is 8.18. The first-order chi connectivity index (χ1) is 17.7. The van der Waals surface area contributed by atoms with Gasteiger partial charge >= 0.3 is 35.9 Å². The number of hydrogen-bond donors (Lipinski definition) is 0. The molecular weight excluding hydrogens is 553 g/mol. The van der Waals surface area contributed by atoms with Crippen LogP contribution in [-0.2, 0) is 42.9 Å². The van der Waals surface area contributed by atoms with Gasteiger partial charge in [0.2, 0.25) is 0 Å². The molecule has 0 aromatic rings. The number of hydrogen-bond acceptors (Lipinski definition) is 9. The maximum Gasteiger partial charge on any atom is 0.460 e. The van der Waals surface area contributed by atoms with Gasteiger partial charge in [0.1, 0.15) is 24.4 Å². The van der Waals surface area contributed by atoms with Crippen molar-refractivity contribution in [2.24, 2.45) is 10.8 Å². The number of epoxide rings is 1. The van der Waals surface area contributed by atoms with Crippen molar-refractivity contribution in [3.8, 4) is 0 Å². The maximum atomic E-state index is 14.3. The zero-order valence-electron chi connectivity index (χ0n) is 20.8. The Morgan fingerprint density at radius 2 is 1.64 bits per heavy atom. The van der Waals surface area contributed by atoms with E-state index in [1.54, 1.807) is 0 Å². The van der Waals surface area contributed by atoms with Gasteiger partial charge in [-0.15, -0.1) is 0 Å². The van der Waals surface area contributed by atoms with Crippen LogP contribution in [0, 0.1) is 10.8 Å². The number of rotatable bonds is 6. The lowest BCUT2D eigenvalue weighted by molar-refractivity contribution is -0.350. The van der Waals surface area contributed by atoms with Crippen LogP contribution < -0.4 is 0 Å². The summed E-state index contributed by atoms with van der Waals surface area (Å²) in [6.45, 7) is 3.64. The first-order valence-corrected chi connectivity index (χ1v) is 11.6. The van der Waals surface area contributed by atoms with E-state index in [9.17, 15) is 49.9 Å². The largest absolute Gasteiger partial charge is 0.465 e. The Bertz CT molecular complexity index is 1150. The van der Waals surface area contributed by atoms with E-state index in [2.05, 4.69) is 4.74 Å². The number of Topliss-reactive ketones (excluding diaryl/α,β-unsaturated/α-hetero) is 1. The molecule has 0 aromatic carbocycles. The van der Waals surface area contributed by atoms with E-state index in [1.165, 1.54) is 13.0 Å². The number of ketones is 1. The van der Waals surface area contributed by atoms with Crippen LogP contribution in [0.3, 0.4) is 0 Å². The maximum absolute atomic E-state index is 14.3. The topological polar surface area (TPSA) is 118 Å². The minimum Gasteiger partial charge on any atom is -0.465 e. The summed E-state index contributed by atoms with van der Waals surface area (Å²) in [6.07, 6.45) is -11.8. The minimum absolute atomic E-state index is 0.0969. The SMILES string of the molecule is CC(=O)OCC12C(C=C(C)C(=O)C1OC(=O)C(F)(F)C(F)(F)C(F)(F)F)OC1C(OC(C)=O)CC2(C)C12CO2. The van der Waals surface area contributed by atoms with Crippen molar-refractivity contribution in [3.05, 3.63) is 11.6 Å². The molecule has 2 saturated heterocycles. The standard InChI is InChI=1S/C23H23F7O9/c1-9-5-13-19(7-35-10(2)31,18(4)6-12(37-11(3)32)15(38-13)20(18)8-36-20)16(14(9)33)39-17(34)21(24,25)22(26,27)23(28,29)30/h5,12-13,15-16H,6-8H2,1-4H3. The summed E-state index contributed by atoms with van der Waals surface area (Å²) in [5, 5.41) is 0. The Morgan fingerprint density at radius 1 is 1.05 bits per heavy atom. The van der Waals surface area contributed by atoms with Gasteiger partial charge in [0.05, 0.1) is 18.1 Å².